The predicted octanol–water partition coefficient (Wildman–Crippen LogP) is 0.197. The lowest BCUT2D eigenvalue weighted by Gasteiger charge is -2.35. The fourth-order valence-corrected chi connectivity index (χ4v) is 2.54. The van der Waals surface area contributed by atoms with Crippen molar-refractivity contribution in [2.24, 2.45) is 0 Å². The Morgan fingerprint density at radius 3 is 2.68 bits per heavy atom. The van der Waals surface area contributed by atoms with Crippen molar-refractivity contribution in [1.29, 1.82) is 0 Å². The summed E-state index contributed by atoms with van der Waals surface area (Å²) in [6.45, 7) is 3.80. The summed E-state index contributed by atoms with van der Waals surface area (Å²) in [5.41, 5.74) is 0. The number of carbonyl (C=O) groups excluding carboxylic acids is 1. The minimum absolute atomic E-state index is 0.207. The molecule has 0 atom stereocenters. The summed E-state index contributed by atoms with van der Waals surface area (Å²) in [7, 11) is 0. The predicted molar refractivity (Wildman–Crippen MR) is 80.1 cm³/mol. The first-order valence-corrected chi connectivity index (χ1v) is 7.44. The Hall–Kier alpha value is -2.51. The lowest BCUT2D eigenvalue weighted by Crippen LogP contribution is -2.49. The van der Waals surface area contributed by atoms with Crippen molar-refractivity contribution in [3.8, 4) is 0 Å². The number of carbonyl (C=O) groups is 1. The van der Waals surface area contributed by atoms with Crippen LogP contribution in [0.2, 0.25) is 0 Å². The standard InChI is InChI=1S/C14H19N7O/c22-14(2-1-5-21-12-16-11-18-21)20-8-6-19(7-9-20)13-10-15-3-4-17-13/h3-4,10-12H,1-2,5-9H2. The average molecular weight is 301 g/mol. The van der Waals surface area contributed by atoms with E-state index in [0.29, 0.717) is 6.42 Å². The molecule has 116 valence electrons. The zero-order valence-electron chi connectivity index (χ0n) is 12.4. The molecule has 1 aliphatic rings. The van der Waals surface area contributed by atoms with E-state index in [2.05, 4.69) is 25.0 Å². The van der Waals surface area contributed by atoms with Gasteiger partial charge in [0.1, 0.15) is 18.5 Å². The summed E-state index contributed by atoms with van der Waals surface area (Å²) in [6.07, 6.45) is 9.63. The summed E-state index contributed by atoms with van der Waals surface area (Å²) in [4.78, 5) is 28.6. The highest BCUT2D eigenvalue weighted by molar-refractivity contribution is 5.76. The Morgan fingerprint density at radius 1 is 1.14 bits per heavy atom. The summed E-state index contributed by atoms with van der Waals surface area (Å²) < 4.78 is 1.75. The number of anilines is 1. The molecule has 1 aliphatic heterocycles. The molecule has 0 bridgehead atoms. The molecule has 3 rings (SSSR count). The third-order valence-corrected chi connectivity index (χ3v) is 3.75. The molecule has 0 aromatic carbocycles. The van der Waals surface area contributed by atoms with Crippen molar-refractivity contribution >= 4 is 11.7 Å². The van der Waals surface area contributed by atoms with E-state index in [0.717, 1.165) is 45.0 Å². The molecule has 8 heteroatoms. The molecule has 0 radical (unpaired) electrons. The van der Waals surface area contributed by atoms with Gasteiger partial charge in [0.15, 0.2) is 0 Å². The Balaban J connectivity index is 1.42. The summed E-state index contributed by atoms with van der Waals surface area (Å²) in [5, 5.41) is 4.03. The second kappa shape index (κ2) is 6.97. The molecule has 0 unspecified atom stereocenters. The van der Waals surface area contributed by atoms with Gasteiger partial charge in [0.25, 0.3) is 0 Å². The van der Waals surface area contributed by atoms with Crippen LogP contribution in [0.15, 0.2) is 31.2 Å². The van der Waals surface area contributed by atoms with E-state index in [1.807, 2.05) is 4.90 Å². The van der Waals surface area contributed by atoms with Gasteiger partial charge in [0, 0.05) is 51.5 Å². The largest absolute Gasteiger partial charge is 0.352 e. The molecule has 3 heterocycles. The van der Waals surface area contributed by atoms with Crippen LogP contribution < -0.4 is 4.90 Å². The molecule has 8 nitrogen and oxygen atoms in total. The van der Waals surface area contributed by atoms with E-state index in [9.17, 15) is 4.79 Å². The number of aryl methyl sites for hydroxylation is 1. The highest BCUT2D eigenvalue weighted by Crippen LogP contribution is 2.12. The molecule has 2 aromatic rings. The van der Waals surface area contributed by atoms with Gasteiger partial charge in [-0.15, -0.1) is 0 Å². The third kappa shape index (κ3) is 3.57. The maximum atomic E-state index is 12.2. The topological polar surface area (TPSA) is 80.0 Å². The van der Waals surface area contributed by atoms with Gasteiger partial charge >= 0.3 is 0 Å². The van der Waals surface area contributed by atoms with E-state index in [4.69, 9.17) is 0 Å². The van der Waals surface area contributed by atoms with Gasteiger partial charge in [0.2, 0.25) is 5.91 Å². The lowest BCUT2D eigenvalue weighted by molar-refractivity contribution is -0.131. The maximum absolute atomic E-state index is 12.2. The molecule has 1 fully saturated rings. The van der Waals surface area contributed by atoms with E-state index >= 15 is 0 Å². The minimum atomic E-state index is 0.207. The van der Waals surface area contributed by atoms with E-state index < -0.39 is 0 Å². The first-order chi connectivity index (χ1) is 10.8. The molecular formula is C14H19N7O. The number of piperazine rings is 1. The fraction of sp³-hybridized carbons (Fsp3) is 0.500. The second-order valence-electron chi connectivity index (χ2n) is 5.19. The molecule has 0 saturated carbocycles. The number of hydrogen-bond donors (Lipinski definition) is 0. The molecule has 1 amide bonds. The van der Waals surface area contributed by atoms with Gasteiger partial charge in [-0.05, 0) is 6.42 Å². The monoisotopic (exact) mass is 301 g/mol. The number of nitrogens with zero attached hydrogens (tertiary/aromatic N) is 7. The average Bonchev–Trinajstić information content (AvgIpc) is 3.09. The number of amides is 1. The van der Waals surface area contributed by atoms with Crippen LogP contribution in [0.1, 0.15) is 12.8 Å². The van der Waals surface area contributed by atoms with Gasteiger partial charge in [-0.2, -0.15) is 5.10 Å². The molecule has 22 heavy (non-hydrogen) atoms. The zero-order chi connectivity index (χ0) is 15.2. The van der Waals surface area contributed by atoms with Gasteiger partial charge in [-0.25, -0.2) is 9.97 Å². The number of aromatic nitrogens is 5. The molecular weight excluding hydrogens is 282 g/mol. The highest BCUT2D eigenvalue weighted by atomic mass is 16.2. The lowest BCUT2D eigenvalue weighted by atomic mass is 10.2. The van der Waals surface area contributed by atoms with Crippen LogP contribution in [-0.4, -0.2) is 61.7 Å². The van der Waals surface area contributed by atoms with Crippen LogP contribution in [0.25, 0.3) is 0 Å². The maximum Gasteiger partial charge on any atom is 0.222 e. The Kier molecular flexibility index (Phi) is 4.57. The summed E-state index contributed by atoms with van der Waals surface area (Å²) >= 11 is 0. The molecule has 0 aliphatic carbocycles. The molecule has 0 N–H and O–H groups in total. The zero-order valence-corrected chi connectivity index (χ0v) is 12.4. The van der Waals surface area contributed by atoms with Crippen LogP contribution in [-0.2, 0) is 11.3 Å². The Labute approximate surface area is 128 Å². The van der Waals surface area contributed by atoms with Crippen molar-refractivity contribution in [2.45, 2.75) is 19.4 Å². The van der Waals surface area contributed by atoms with Crippen molar-refractivity contribution < 1.29 is 4.79 Å². The van der Waals surface area contributed by atoms with Crippen LogP contribution in [0.3, 0.4) is 0 Å². The van der Waals surface area contributed by atoms with Gasteiger partial charge in [-0.3, -0.25) is 14.5 Å². The smallest absolute Gasteiger partial charge is 0.222 e. The van der Waals surface area contributed by atoms with Crippen LogP contribution in [0, 0.1) is 0 Å². The SMILES string of the molecule is O=C(CCCn1cncn1)N1CCN(c2cnccn2)CC1. The summed E-state index contributed by atoms with van der Waals surface area (Å²) in [5.74, 6) is 1.08. The second-order valence-corrected chi connectivity index (χ2v) is 5.19. The molecule has 0 spiro atoms. The quantitative estimate of drug-likeness (QED) is 0.785. The van der Waals surface area contributed by atoms with Crippen molar-refractivity contribution in [1.82, 2.24) is 29.6 Å². The first-order valence-electron chi connectivity index (χ1n) is 7.44. The van der Waals surface area contributed by atoms with Gasteiger partial charge < -0.3 is 9.80 Å². The highest BCUT2D eigenvalue weighted by Gasteiger charge is 2.21. The Bertz CT molecular complexity index is 579. The van der Waals surface area contributed by atoms with Gasteiger partial charge in [0.05, 0.1) is 6.20 Å². The van der Waals surface area contributed by atoms with E-state index in [-0.39, 0.29) is 5.91 Å². The number of rotatable bonds is 5. The Morgan fingerprint density at radius 2 is 2.00 bits per heavy atom. The van der Waals surface area contributed by atoms with Gasteiger partial charge in [-0.1, -0.05) is 0 Å². The van der Waals surface area contributed by atoms with E-state index in [1.54, 1.807) is 29.6 Å². The molecule has 2 aromatic heterocycles. The normalized spacial score (nSPS) is 15.1. The summed E-state index contributed by atoms with van der Waals surface area (Å²) in [6, 6.07) is 0. The third-order valence-electron chi connectivity index (χ3n) is 3.75. The van der Waals surface area contributed by atoms with Crippen molar-refractivity contribution in [3.05, 3.63) is 31.2 Å². The number of hydrogen-bond acceptors (Lipinski definition) is 6. The van der Waals surface area contributed by atoms with Crippen LogP contribution in [0.4, 0.5) is 5.82 Å². The van der Waals surface area contributed by atoms with Crippen LogP contribution >= 0.6 is 0 Å². The first kappa shape index (κ1) is 14.4. The van der Waals surface area contributed by atoms with Crippen molar-refractivity contribution in [3.63, 3.8) is 0 Å². The fourth-order valence-electron chi connectivity index (χ4n) is 2.54. The molecule has 1 saturated heterocycles. The minimum Gasteiger partial charge on any atom is -0.352 e. The van der Waals surface area contributed by atoms with E-state index in [1.165, 1.54) is 6.33 Å². The van der Waals surface area contributed by atoms with Crippen LogP contribution in [0.5, 0.6) is 0 Å². The van der Waals surface area contributed by atoms with Crippen molar-refractivity contribution in [2.75, 3.05) is 31.1 Å².